The molecule has 2 N–H and O–H groups in total. The number of carbonyl (C=O) groups excluding carboxylic acids is 2. The maximum atomic E-state index is 12.2. The van der Waals surface area contributed by atoms with Gasteiger partial charge in [0.05, 0.1) is 27.0 Å². The highest BCUT2D eigenvalue weighted by Gasteiger charge is 2.14. The predicted molar refractivity (Wildman–Crippen MR) is 107 cm³/mol. The highest BCUT2D eigenvalue weighted by atomic mass is 16.5. The van der Waals surface area contributed by atoms with Crippen LogP contribution in [0.4, 0.5) is 5.69 Å². The Morgan fingerprint density at radius 3 is 2.48 bits per heavy atom. The van der Waals surface area contributed by atoms with Crippen LogP contribution < -0.4 is 20.1 Å². The van der Waals surface area contributed by atoms with Crippen molar-refractivity contribution >= 4 is 17.5 Å². The van der Waals surface area contributed by atoms with Crippen molar-refractivity contribution in [3.8, 4) is 22.6 Å². The summed E-state index contributed by atoms with van der Waals surface area (Å²) < 4.78 is 12.3. The number of benzene rings is 1. The Morgan fingerprint density at radius 2 is 1.79 bits per heavy atom. The van der Waals surface area contributed by atoms with E-state index in [1.54, 1.807) is 51.9 Å². The molecule has 3 rings (SSSR count). The lowest BCUT2D eigenvalue weighted by molar-refractivity contribution is -0.115. The zero-order valence-electron chi connectivity index (χ0n) is 16.3. The molecule has 0 radical (unpaired) electrons. The van der Waals surface area contributed by atoms with E-state index in [1.165, 1.54) is 10.9 Å². The number of methoxy groups -OCH3 is 2. The molecule has 2 aromatic heterocycles. The zero-order chi connectivity index (χ0) is 20.8. The fourth-order valence-electron chi connectivity index (χ4n) is 2.81. The third-order valence-corrected chi connectivity index (χ3v) is 4.24. The monoisotopic (exact) mass is 395 g/mol. The molecule has 0 fully saturated rings. The van der Waals surface area contributed by atoms with E-state index >= 15 is 0 Å². The van der Waals surface area contributed by atoms with Gasteiger partial charge >= 0.3 is 0 Å². The molecule has 0 unspecified atom stereocenters. The van der Waals surface area contributed by atoms with Gasteiger partial charge < -0.3 is 20.1 Å². The van der Waals surface area contributed by atoms with Crippen LogP contribution in [0.3, 0.4) is 0 Å². The first-order chi connectivity index (χ1) is 14.0. The minimum absolute atomic E-state index is 0.174. The minimum Gasteiger partial charge on any atom is -0.496 e. The van der Waals surface area contributed by atoms with Crippen molar-refractivity contribution in [1.29, 1.82) is 0 Å². The highest BCUT2D eigenvalue weighted by molar-refractivity contribution is 5.98. The van der Waals surface area contributed by atoms with Gasteiger partial charge in [0.15, 0.2) is 0 Å². The molecule has 0 aliphatic heterocycles. The summed E-state index contributed by atoms with van der Waals surface area (Å²) in [7, 11) is 4.77. The molecule has 0 aliphatic carbocycles. The molecule has 0 aliphatic rings. The van der Waals surface area contributed by atoms with Crippen LogP contribution in [0.5, 0.6) is 11.5 Å². The second kappa shape index (κ2) is 8.87. The number of ether oxygens (including phenoxy) is 2. The van der Waals surface area contributed by atoms with Gasteiger partial charge in [0.2, 0.25) is 5.91 Å². The molecule has 2 heterocycles. The van der Waals surface area contributed by atoms with E-state index in [4.69, 9.17) is 9.47 Å². The Kier molecular flexibility index (Phi) is 6.08. The van der Waals surface area contributed by atoms with Crippen LogP contribution >= 0.6 is 0 Å². The van der Waals surface area contributed by atoms with Crippen molar-refractivity contribution in [2.45, 2.75) is 0 Å². The average Bonchev–Trinajstić information content (AvgIpc) is 3.18. The quantitative estimate of drug-likeness (QED) is 0.632. The Labute approximate surface area is 167 Å². The smallest absolute Gasteiger partial charge is 0.269 e. The van der Waals surface area contributed by atoms with Gasteiger partial charge in [0, 0.05) is 42.3 Å². The third kappa shape index (κ3) is 4.52. The second-order valence-corrected chi connectivity index (χ2v) is 6.06. The van der Waals surface area contributed by atoms with E-state index in [2.05, 4.69) is 20.7 Å². The molecule has 9 nitrogen and oxygen atoms in total. The molecule has 0 spiro atoms. The Bertz CT molecular complexity index is 1030. The van der Waals surface area contributed by atoms with E-state index in [1.807, 2.05) is 12.1 Å². The Balaban J connectivity index is 1.69. The molecule has 3 aromatic rings. The van der Waals surface area contributed by atoms with Crippen molar-refractivity contribution in [3.05, 3.63) is 54.6 Å². The van der Waals surface area contributed by atoms with Crippen molar-refractivity contribution in [1.82, 2.24) is 20.1 Å². The molecular weight excluding hydrogens is 374 g/mol. The number of hydrogen-bond acceptors (Lipinski definition) is 6. The fraction of sp³-hybridized carbons (Fsp3) is 0.200. The number of nitrogens with zero attached hydrogens (tertiary/aromatic N) is 3. The van der Waals surface area contributed by atoms with Gasteiger partial charge in [-0.1, -0.05) is 0 Å². The van der Waals surface area contributed by atoms with Crippen molar-refractivity contribution in [2.75, 3.05) is 26.1 Å². The van der Waals surface area contributed by atoms with Crippen LogP contribution in [0, 0.1) is 0 Å². The third-order valence-electron chi connectivity index (χ3n) is 4.24. The summed E-state index contributed by atoms with van der Waals surface area (Å²) in [6.07, 6.45) is 4.80. The summed E-state index contributed by atoms with van der Waals surface area (Å²) in [6, 6.07) is 8.67. The summed E-state index contributed by atoms with van der Waals surface area (Å²) in [5, 5.41) is 9.23. The molecule has 0 atom stereocenters. The van der Waals surface area contributed by atoms with Crippen LogP contribution in [0.1, 0.15) is 10.5 Å². The average molecular weight is 395 g/mol. The summed E-state index contributed by atoms with van der Waals surface area (Å²) in [5.74, 6) is 0.432. The maximum absolute atomic E-state index is 12.2. The molecule has 0 saturated carbocycles. The number of carbonyl (C=O) groups is 2. The van der Waals surface area contributed by atoms with Gasteiger partial charge in [-0.25, -0.2) is 0 Å². The number of nitrogens with one attached hydrogen (secondary N) is 2. The first kappa shape index (κ1) is 19.9. The number of pyridine rings is 1. The highest BCUT2D eigenvalue weighted by Crippen LogP contribution is 2.37. The van der Waals surface area contributed by atoms with E-state index < -0.39 is 0 Å². The van der Waals surface area contributed by atoms with Crippen LogP contribution in [0.15, 0.2) is 48.9 Å². The zero-order valence-corrected chi connectivity index (χ0v) is 16.3. The molecule has 0 bridgehead atoms. The van der Waals surface area contributed by atoms with Crippen LogP contribution in [0.25, 0.3) is 11.1 Å². The largest absolute Gasteiger partial charge is 0.496 e. The SMILES string of the molecule is COc1cnccc1-c1ccc(NC(=O)CNC(=O)c2ccnn2C)cc1OC. The molecule has 0 saturated heterocycles. The lowest BCUT2D eigenvalue weighted by Crippen LogP contribution is -2.33. The standard InChI is InChI=1S/C20H21N5O4/c1-25-16(7-9-23-25)20(27)22-12-19(26)24-13-4-5-14(17(10-13)28-2)15-6-8-21-11-18(15)29-3/h4-11H,12H2,1-3H3,(H,22,27)(H,24,26). The summed E-state index contributed by atoms with van der Waals surface area (Å²) in [6.45, 7) is -0.174. The lowest BCUT2D eigenvalue weighted by atomic mass is 10.0. The number of aromatic nitrogens is 3. The van der Waals surface area contributed by atoms with Gasteiger partial charge in [0.25, 0.3) is 5.91 Å². The first-order valence-corrected chi connectivity index (χ1v) is 8.76. The van der Waals surface area contributed by atoms with Gasteiger partial charge in [-0.3, -0.25) is 19.3 Å². The van der Waals surface area contributed by atoms with Crippen molar-refractivity contribution in [3.63, 3.8) is 0 Å². The van der Waals surface area contributed by atoms with Crippen LogP contribution in [-0.4, -0.2) is 47.3 Å². The van der Waals surface area contributed by atoms with Crippen LogP contribution in [0.2, 0.25) is 0 Å². The lowest BCUT2D eigenvalue weighted by Gasteiger charge is -2.14. The molecule has 2 amide bonds. The fourth-order valence-corrected chi connectivity index (χ4v) is 2.81. The van der Waals surface area contributed by atoms with Crippen LogP contribution in [-0.2, 0) is 11.8 Å². The second-order valence-electron chi connectivity index (χ2n) is 6.06. The number of amides is 2. The Morgan fingerprint density at radius 1 is 1.03 bits per heavy atom. The Hall–Kier alpha value is -3.88. The minimum atomic E-state index is -0.377. The number of rotatable bonds is 7. The summed E-state index contributed by atoms with van der Waals surface area (Å²) >= 11 is 0. The van der Waals surface area contributed by atoms with Gasteiger partial charge in [-0.15, -0.1) is 0 Å². The topological polar surface area (TPSA) is 107 Å². The number of anilines is 1. The molecule has 1 aromatic carbocycles. The summed E-state index contributed by atoms with van der Waals surface area (Å²) in [5.41, 5.74) is 2.53. The molecule has 29 heavy (non-hydrogen) atoms. The first-order valence-electron chi connectivity index (χ1n) is 8.76. The van der Waals surface area contributed by atoms with Gasteiger partial charge in [0.1, 0.15) is 17.2 Å². The summed E-state index contributed by atoms with van der Waals surface area (Å²) in [4.78, 5) is 28.3. The van der Waals surface area contributed by atoms with E-state index in [0.29, 0.717) is 22.9 Å². The molecule has 150 valence electrons. The number of hydrogen-bond donors (Lipinski definition) is 2. The number of aryl methyl sites for hydroxylation is 1. The van der Waals surface area contributed by atoms with E-state index in [9.17, 15) is 9.59 Å². The van der Waals surface area contributed by atoms with E-state index in [-0.39, 0.29) is 18.4 Å². The van der Waals surface area contributed by atoms with Crippen molar-refractivity contribution in [2.24, 2.45) is 7.05 Å². The van der Waals surface area contributed by atoms with Gasteiger partial charge in [-0.2, -0.15) is 5.10 Å². The van der Waals surface area contributed by atoms with Crippen molar-refractivity contribution < 1.29 is 19.1 Å². The predicted octanol–water partition coefficient (Wildman–Crippen LogP) is 1.87. The molecule has 9 heteroatoms. The maximum Gasteiger partial charge on any atom is 0.269 e. The molecular formula is C20H21N5O4. The van der Waals surface area contributed by atoms with Gasteiger partial charge in [-0.05, 0) is 24.3 Å². The normalized spacial score (nSPS) is 10.3. The van der Waals surface area contributed by atoms with E-state index in [0.717, 1.165) is 11.1 Å².